The van der Waals surface area contributed by atoms with E-state index in [0.29, 0.717) is 0 Å². The van der Waals surface area contributed by atoms with E-state index >= 15 is 0 Å². The number of rotatable bonds is 5. The standard InChI is InChI=1S/C15H29NO2/c1-6-10-15(3,16(4)5)13(17)18-14(2)11-8-7-9-12-14/h6-12H2,1-5H3. The predicted octanol–water partition coefficient (Wildman–Crippen LogP) is 3.37. The fourth-order valence-corrected chi connectivity index (χ4v) is 2.73. The Morgan fingerprint density at radius 3 is 2.28 bits per heavy atom. The lowest BCUT2D eigenvalue weighted by molar-refractivity contribution is -0.174. The summed E-state index contributed by atoms with van der Waals surface area (Å²) in [6.45, 7) is 6.19. The molecule has 1 atom stereocenters. The fraction of sp³-hybridized carbons (Fsp3) is 0.933. The maximum Gasteiger partial charge on any atom is 0.326 e. The van der Waals surface area contributed by atoms with Crippen LogP contribution in [0.4, 0.5) is 0 Å². The lowest BCUT2D eigenvalue weighted by Gasteiger charge is -2.40. The van der Waals surface area contributed by atoms with Crippen LogP contribution in [0.5, 0.6) is 0 Å². The minimum absolute atomic E-state index is 0.0567. The molecule has 0 aliphatic heterocycles. The smallest absolute Gasteiger partial charge is 0.326 e. The van der Waals surface area contributed by atoms with Gasteiger partial charge in [-0.15, -0.1) is 0 Å². The number of carbonyl (C=O) groups excluding carboxylic acids is 1. The van der Waals surface area contributed by atoms with Crippen LogP contribution in [-0.4, -0.2) is 36.1 Å². The van der Waals surface area contributed by atoms with E-state index in [1.807, 2.05) is 25.9 Å². The van der Waals surface area contributed by atoms with Crippen molar-refractivity contribution in [2.75, 3.05) is 14.1 Å². The highest BCUT2D eigenvalue weighted by molar-refractivity contribution is 5.80. The second-order valence-corrected chi connectivity index (χ2v) is 6.32. The molecule has 0 heterocycles. The highest BCUT2D eigenvalue weighted by Gasteiger charge is 2.41. The first-order valence-corrected chi connectivity index (χ1v) is 7.25. The molecule has 1 aliphatic carbocycles. The van der Waals surface area contributed by atoms with Crippen molar-refractivity contribution in [2.24, 2.45) is 0 Å². The van der Waals surface area contributed by atoms with Gasteiger partial charge in [-0.1, -0.05) is 19.8 Å². The quantitative estimate of drug-likeness (QED) is 0.705. The Balaban J connectivity index is 2.72. The highest BCUT2D eigenvalue weighted by atomic mass is 16.6. The molecular weight excluding hydrogens is 226 g/mol. The summed E-state index contributed by atoms with van der Waals surface area (Å²) in [5.41, 5.74) is -0.727. The first-order valence-electron chi connectivity index (χ1n) is 7.25. The Bertz CT molecular complexity index is 282. The summed E-state index contributed by atoms with van der Waals surface area (Å²) >= 11 is 0. The van der Waals surface area contributed by atoms with Crippen LogP contribution >= 0.6 is 0 Å². The third-order valence-electron chi connectivity index (χ3n) is 4.41. The van der Waals surface area contributed by atoms with Crippen LogP contribution in [-0.2, 0) is 9.53 Å². The van der Waals surface area contributed by atoms with Crippen LogP contribution in [0.2, 0.25) is 0 Å². The molecule has 1 aliphatic rings. The molecule has 0 radical (unpaired) electrons. The Morgan fingerprint density at radius 2 is 1.83 bits per heavy atom. The predicted molar refractivity (Wildman–Crippen MR) is 74.6 cm³/mol. The van der Waals surface area contributed by atoms with Crippen LogP contribution in [0.15, 0.2) is 0 Å². The zero-order valence-electron chi connectivity index (χ0n) is 12.7. The second kappa shape index (κ2) is 6.05. The van der Waals surface area contributed by atoms with Crippen molar-refractivity contribution >= 4 is 5.97 Å². The number of ether oxygens (including phenoxy) is 1. The summed E-state index contributed by atoms with van der Waals surface area (Å²) in [4.78, 5) is 14.5. The van der Waals surface area contributed by atoms with Crippen LogP contribution < -0.4 is 0 Å². The summed E-state index contributed by atoms with van der Waals surface area (Å²) < 4.78 is 5.88. The third-order valence-corrected chi connectivity index (χ3v) is 4.41. The lowest BCUT2D eigenvalue weighted by atomic mass is 9.85. The van der Waals surface area contributed by atoms with E-state index in [1.165, 1.54) is 19.3 Å². The van der Waals surface area contributed by atoms with Gasteiger partial charge in [0.15, 0.2) is 0 Å². The summed E-state index contributed by atoms with van der Waals surface area (Å²) in [6.07, 6.45) is 7.47. The van der Waals surface area contributed by atoms with E-state index in [-0.39, 0.29) is 11.6 Å². The molecule has 1 rings (SSSR count). The van der Waals surface area contributed by atoms with Gasteiger partial charge >= 0.3 is 5.97 Å². The highest BCUT2D eigenvalue weighted by Crippen LogP contribution is 2.33. The average molecular weight is 255 g/mol. The largest absolute Gasteiger partial charge is 0.458 e. The third kappa shape index (κ3) is 3.47. The molecule has 0 spiro atoms. The minimum atomic E-state index is -0.491. The van der Waals surface area contributed by atoms with Crippen LogP contribution in [0.1, 0.15) is 65.7 Å². The molecule has 3 nitrogen and oxygen atoms in total. The lowest BCUT2D eigenvalue weighted by Crippen LogP contribution is -2.52. The van der Waals surface area contributed by atoms with E-state index in [1.54, 1.807) is 0 Å². The van der Waals surface area contributed by atoms with Crippen molar-refractivity contribution in [3.05, 3.63) is 0 Å². The monoisotopic (exact) mass is 255 g/mol. The molecule has 1 unspecified atom stereocenters. The maximum absolute atomic E-state index is 12.5. The van der Waals surface area contributed by atoms with E-state index < -0.39 is 5.54 Å². The molecule has 0 N–H and O–H groups in total. The number of carbonyl (C=O) groups is 1. The molecule has 1 saturated carbocycles. The van der Waals surface area contributed by atoms with Crippen molar-refractivity contribution in [1.29, 1.82) is 0 Å². The molecule has 0 saturated heterocycles. The number of hydrogen-bond donors (Lipinski definition) is 0. The number of hydrogen-bond acceptors (Lipinski definition) is 3. The fourth-order valence-electron chi connectivity index (χ4n) is 2.73. The van der Waals surface area contributed by atoms with Crippen molar-refractivity contribution in [3.8, 4) is 0 Å². The summed E-state index contributed by atoms with van der Waals surface area (Å²) in [5, 5.41) is 0. The van der Waals surface area contributed by atoms with E-state index in [0.717, 1.165) is 25.7 Å². The first kappa shape index (κ1) is 15.5. The molecule has 0 amide bonds. The van der Waals surface area contributed by atoms with Gasteiger partial charge in [0.05, 0.1) is 0 Å². The van der Waals surface area contributed by atoms with Gasteiger partial charge in [0.1, 0.15) is 11.1 Å². The first-order chi connectivity index (χ1) is 8.34. The normalized spacial score (nSPS) is 22.6. The van der Waals surface area contributed by atoms with Crippen LogP contribution in [0.25, 0.3) is 0 Å². The maximum atomic E-state index is 12.5. The Hall–Kier alpha value is -0.570. The van der Waals surface area contributed by atoms with Crippen molar-refractivity contribution in [3.63, 3.8) is 0 Å². The van der Waals surface area contributed by atoms with E-state index in [2.05, 4.69) is 13.8 Å². The van der Waals surface area contributed by atoms with E-state index in [4.69, 9.17) is 4.74 Å². The molecule has 18 heavy (non-hydrogen) atoms. The summed E-state index contributed by atoms with van der Waals surface area (Å²) in [7, 11) is 3.92. The summed E-state index contributed by atoms with van der Waals surface area (Å²) in [5.74, 6) is -0.0567. The van der Waals surface area contributed by atoms with Crippen molar-refractivity contribution < 1.29 is 9.53 Å². The zero-order valence-corrected chi connectivity index (χ0v) is 12.7. The molecule has 0 aromatic rings. The molecule has 106 valence electrons. The molecule has 1 fully saturated rings. The molecule has 0 aromatic carbocycles. The Kier molecular flexibility index (Phi) is 5.20. The van der Waals surface area contributed by atoms with E-state index in [9.17, 15) is 4.79 Å². The second-order valence-electron chi connectivity index (χ2n) is 6.32. The van der Waals surface area contributed by atoms with Gasteiger partial charge in [0.2, 0.25) is 0 Å². The van der Waals surface area contributed by atoms with Crippen LogP contribution in [0.3, 0.4) is 0 Å². The van der Waals surface area contributed by atoms with Gasteiger partial charge in [-0.25, -0.2) is 0 Å². The molecule has 0 bridgehead atoms. The van der Waals surface area contributed by atoms with Gasteiger partial charge in [0, 0.05) is 0 Å². The van der Waals surface area contributed by atoms with Gasteiger partial charge in [-0.05, 0) is 60.0 Å². The molecular formula is C15H29NO2. The van der Waals surface area contributed by atoms with Crippen LogP contribution in [0, 0.1) is 0 Å². The minimum Gasteiger partial charge on any atom is -0.458 e. The summed E-state index contributed by atoms with van der Waals surface area (Å²) in [6, 6.07) is 0. The van der Waals surface area contributed by atoms with Gasteiger partial charge in [-0.3, -0.25) is 9.69 Å². The Labute approximate surface area is 112 Å². The SMILES string of the molecule is CCCC(C)(C(=O)OC1(C)CCCCC1)N(C)C. The number of esters is 1. The van der Waals surface area contributed by atoms with Gasteiger partial charge in [-0.2, -0.15) is 0 Å². The molecule has 3 heteroatoms. The zero-order chi connectivity index (χ0) is 13.8. The number of likely N-dealkylation sites (N-methyl/N-ethyl adjacent to an activating group) is 1. The number of nitrogens with zero attached hydrogens (tertiary/aromatic N) is 1. The topological polar surface area (TPSA) is 29.5 Å². The Morgan fingerprint density at radius 1 is 1.28 bits per heavy atom. The van der Waals surface area contributed by atoms with Gasteiger partial charge in [0.25, 0.3) is 0 Å². The molecule has 0 aromatic heterocycles. The van der Waals surface area contributed by atoms with Gasteiger partial charge < -0.3 is 4.74 Å². The average Bonchev–Trinajstić information content (AvgIpc) is 2.29. The van der Waals surface area contributed by atoms with Crippen molar-refractivity contribution in [2.45, 2.75) is 76.9 Å². The van der Waals surface area contributed by atoms with Crippen molar-refractivity contribution in [1.82, 2.24) is 4.90 Å².